The van der Waals surface area contributed by atoms with Gasteiger partial charge in [0.1, 0.15) is 5.60 Å². The minimum atomic E-state index is -2.53. The molecule has 0 radical (unpaired) electrons. The first-order chi connectivity index (χ1) is 11.1. The number of amides is 1. The quantitative estimate of drug-likeness (QED) is 0.588. The summed E-state index contributed by atoms with van der Waals surface area (Å²) in [5.74, 6) is -3.40. The highest BCUT2D eigenvalue weighted by Gasteiger charge is 2.49. The van der Waals surface area contributed by atoms with Gasteiger partial charge in [0.05, 0.1) is 6.61 Å². The summed E-state index contributed by atoms with van der Waals surface area (Å²) in [4.78, 5) is 34.8. The highest BCUT2D eigenvalue weighted by molar-refractivity contribution is 6.05. The molecule has 1 rings (SSSR count). The summed E-state index contributed by atoms with van der Waals surface area (Å²) in [5.41, 5.74) is -3.42. The van der Waals surface area contributed by atoms with Gasteiger partial charge in [-0.15, -0.1) is 0 Å². The molecule has 138 valence electrons. The van der Waals surface area contributed by atoms with Crippen molar-refractivity contribution in [2.75, 3.05) is 13.2 Å². The van der Waals surface area contributed by atoms with E-state index in [0.29, 0.717) is 13.0 Å². The van der Waals surface area contributed by atoms with Crippen LogP contribution in [0.2, 0.25) is 0 Å². The zero-order valence-electron chi connectivity index (χ0n) is 14.2. The molecule has 1 fully saturated rings. The Morgan fingerprint density at radius 2 is 1.79 bits per heavy atom. The monoisotopic (exact) mass is 347 g/mol. The molecule has 1 amide bonds. The van der Waals surface area contributed by atoms with Crippen molar-refractivity contribution >= 4 is 18.0 Å². The van der Waals surface area contributed by atoms with E-state index in [-0.39, 0.29) is 6.61 Å². The smallest absolute Gasteiger partial charge is 0.409 e. The number of carbonyl (C=O) groups excluding carboxylic acids is 1. The average Bonchev–Trinajstić information content (AvgIpc) is 2.44. The lowest BCUT2D eigenvalue weighted by Gasteiger charge is -2.29. The summed E-state index contributed by atoms with van der Waals surface area (Å²) >= 11 is 0. The molecule has 0 aromatic carbocycles. The van der Waals surface area contributed by atoms with Crippen molar-refractivity contribution in [2.24, 2.45) is 0 Å². The Morgan fingerprint density at radius 1 is 1.17 bits per heavy atom. The summed E-state index contributed by atoms with van der Waals surface area (Å²) in [6.45, 7) is 5.10. The van der Waals surface area contributed by atoms with Crippen molar-refractivity contribution in [3.8, 4) is 0 Å². The molecule has 24 heavy (non-hydrogen) atoms. The summed E-state index contributed by atoms with van der Waals surface area (Å²) in [5, 5.41) is 20.6. The minimum Gasteiger partial charge on any atom is -0.479 e. The van der Waals surface area contributed by atoms with E-state index in [4.69, 9.17) is 14.2 Å². The predicted octanol–water partition coefficient (Wildman–Crippen LogP) is 1.35. The topological polar surface area (TPSA) is 131 Å². The highest BCUT2D eigenvalue weighted by atomic mass is 16.7. The van der Waals surface area contributed by atoms with Crippen LogP contribution in [0, 0.1) is 0 Å². The number of ether oxygens (including phenoxy) is 3. The van der Waals surface area contributed by atoms with Gasteiger partial charge in [-0.25, -0.2) is 14.4 Å². The van der Waals surface area contributed by atoms with Gasteiger partial charge >= 0.3 is 18.0 Å². The first kappa shape index (κ1) is 20.2. The van der Waals surface area contributed by atoms with Gasteiger partial charge in [0.25, 0.3) is 0 Å². The third-order valence-corrected chi connectivity index (χ3v) is 3.36. The summed E-state index contributed by atoms with van der Waals surface area (Å²) in [6, 6.07) is 0. The standard InChI is InChI=1S/C15H25NO8/c1-14(2,3)24-13(21)16-15(11(17)18,12(19)20)7-9-23-10-6-4-5-8-22-10/h10H,4-9H2,1-3H3,(H,16,21)(H,17,18)(H,19,20). The highest BCUT2D eigenvalue weighted by Crippen LogP contribution is 2.18. The zero-order chi connectivity index (χ0) is 18.4. The van der Waals surface area contributed by atoms with Crippen LogP contribution in [0.3, 0.4) is 0 Å². The Hall–Kier alpha value is -1.87. The van der Waals surface area contributed by atoms with Crippen molar-refractivity contribution in [1.29, 1.82) is 0 Å². The van der Waals surface area contributed by atoms with Gasteiger partial charge in [-0.3, -0.25) is 5.32 Å². The Labute approximate surface area is 140 Å². The molecular weight excluding hydrogens is 322 g/mol. The third kappa shape index (κ3) is 5.97. The second-order valence-corrected chi connectivity index (χ2v) is 6.56. The maximum absolute atomic E-state index is 11.8. The molecule has 0 saturated carbocycles. The number of hydrogen-bond donors (Lipinski definition) is 3. The van der Waals surface area contributed by atoms with Gasteiger partial charge in [-0.1, -0.05) is 0 Å². The number of carboxylic acid groups (broad SMARTS) is 2. The fourth-order valence-corrected chi connectivity index (χ4v) is 2.14. The van der Waals surface area contributed by atoms with E-state index in [9.17, 15) is 24.6 Å². The second kappa shape index (κ2) is 8.29. The molecule has 3 N–H and O–H groups in total. The van der Waals surface area contributed by atoms with Crippen LogP contribution in [-0.2, 0) is 23.8 Å². The van der Waals surface area contributed by atoms with Gasteiger partial charge in [-0.05, 0) is 40.0 Å². The van der Waals surface area contributed by atoms with Gasteiger partial charge in [0.2, 0.25) is 5.54 Å². The molecule has 0 spiro atoms. The van der Waals surface area contributed by atoms with Crippen LogP contribution in [-0.4, -0.2) is 58.9 Å². The largest absolute Gasteiger partial charge is 0.479 e. The number of aliphatic carboxylic acids is 2. The van der Waals surface area contributed by atoms with E-state index in [1.165, 1.54) is 0 Å². The minimum absolute atomic E-state index is 0.195. The zero-order valence-corrected chi connectivity index (χ0v) is 14.2. The van der Waals surface area contributed by atoms with Crippen molar-refractivity contribution in [2.45, 2.75) is 63.9 Å². The van der Waals surface area contributed by atoms with Crippen LogP contribution >= 0.6 is 0 Å². The number of alkyl carbamates (subject to hydrolysis) is 1. The first-order valence-electron chi connectivity index (χ1n) is 7.78. The average molecular weight is 347 g/mol. The van der Waals surface area contributed by atoms with Gasteiger partial charge < -0.3 is 24.4 Å². The molecule has 1 unspecified atom stereocenters. The number of carbonyl (C=O) groups is 3. The Bertz CT molecular complexity index is 451. The van der Waals surface area contributed by atoms with Crippen LogP contribution in [0.25, 0.3) is 0 Å². The summed E-state index contributed by atoms with van der Waals surface area (Å²) in [6.07, 6.45) is 0.434. The number of rotatable bonds is 7. The van der Waals surface area contributed by atoms with Gasteiger partial charge in [-0.2, -0.15) is 0 Å². The maximum Gasteiger partial charge on any atom is 0.409 e. The molecule has 1 aliphatic heterocycles. The predicted molar refractivity (Wildman–Crippen MR) is 81.5 cm³/mol. The third-order valence-electron chi connectivity index (χ3n) is 3.36. The fourth-order valence-electron chi connectivity index (χ4n) is 2.14. The van der Waals surface area contributed by atoms with Crippen LogP contribution in [0.1, 0.15) is 46.5 Å². The molecule has 0 aliphatic carbocycles. The second-order valence-electron chi connectivity index (χ2n) is 6.56. The van der Waals surface area contributed by atoms with Crippen LogP contribution < -0.4 is 5.32 Å². The van der Waals surface area contributed by atoms with Crippen LogP contribution in [0.4, 0.5) is 4.79 Å². The normalized spacial score (nSPS) is 18.7. The van der Waals surface area contributed by atoms with E-state index in [2.05, 4.69) is 0 Å². The SMILES string of the molecule is CC(C)(C)OC(=O)NC(CCOC1CCCCO1)(C(=O)O)C(=O)O. The Kier molecular flexibility index (Phi) is 6.97. The maximum atomic E-state index is 11.8. The first-order valence-corrected chi connectivity index (χ1v) is 7.78. The van der Waals surface area contributed by atoms with Crippen molar-refractivity contribution < 1.29 is 38.8 Å². The van der Waals surface area contributed by atoms with E-state index < -0.39 is 41.9 Å². The molecule has 1 heterocycles. The molecular formula is C15H25NO8. The molecule has 9 nitrogen and oxygen atoms in total. The molecule has 0 bridgehead atoms. The lowest BCUT2D eigenvalue weighted by atomic mass is 9.96. The van der Waals surface area contributed by atoms with Crippen LogP contribution in [0.5, 0.6) is 0 Å². The van der Waals surface area contributed by atoms with E-state index in [0.717, 1.165) is 12.8 Å². The molecule has 9 heteroatoms. The molecule has 1 saturated heterocycles. The summed E-state index contributed by atoms with van der Waals surface area (Å²) in [7, 11) is 0. The van der Waals surface area contributed by atoms with Gasteiger partial charge in [0.15, 0.2) is 6.29 Å². The molecule has 1 atom stereocenters. The number of hydrogen-bond acceptors (Lipinski definition) is 6. The number of carboxylic acids is 2. The Morgan fingerprint density at radius 3 is 2.25 bits per heavy atom. The van der Waals surface area contributed by atoms with Crippen molar-refractivity contribution in [3.63, 3.8) is 0 Å². The van der Waals surface area contributed by atoms with Gasteiger partial charge in [0, 0.05) is 13.0 Å². The Balaban J connectivity index is 2.72. The molecule has 1 aliphatic rings. The fraction of sp³-hybridized carbons (Fsp3) is 0.800. The van der Waals surface area contributed by atoms with Crippen LogP contribution in [0.15, 0.2) is 0 Å². The van der Waals surface area contributed by atoms with E-state index in [1.54, 1.807) is 20.8 Å². The van der Waals surface area contributed by atoms with Crippen molar-refractivity contribution in [3.05, 3.63) is 0 Å². The molecule has 0 aromatic heterocycles. The molecule has 0 aromatic rings. The summed E-state index contributed by atoms with van der Waals surface area (Å²) < 4.78 is 15.7. The van der Waals surface area contributed by atoms with E-state index in [1.807, 2.05) is 5.32 Å². The van der Waals surface area contributed by atoms with E-state index >= 15 is 0 Å². The lowest BCUT2D eigenvalue weighted by molar-refractivity contribution is -0.173. The lowest BCUT2D eigenvalue weighted by Crippen LogP contribution is -2.61. The van der Waals surface area contributed by atoms with Crippen molar-refractivity contribution in [1.82, 2.24) is 5.32 Å². The number of nitrogens with one attached hydrogen (secondary N) is 1.